The predicted molar refractivity (Wildman–Crippen MR) is 93.5 cm³/mol. The molecule has 0 saturated heterocycles. The first-order valence-electron chi connectivity index (χ1n) is 7.08. The summed E-state index contributed by atoms with van der Waals surface area (Å²) in [5.41, 5.74) is 5.93. The van der Waals surface area contributed by atoms with Gasteiger partial charge in [-0.1, -0.05) is 44.4 Å². The smallest absolute Gasteiger partial charge is 0.166 e. The summed E-state index contributed by atoms with van der Waals surface area (Å²) in [5.74, 6) is 0. The Bertz CT molecular complexity index is 751. The van der Waals surface area contributed by atoms with Crippen LogP contribution >= 0.6 is 0 Å². The van der Waals surface area contributed by atoms with E-state index in [1.54, 1.807) is 6.08 Å². The Morgan fingerprint density at radius 1 is 1.38 bits per heavy atom. The van der Waals surface area contributed by atoms with Crippen LogP contribution in [0.4, 0.5) is 0 Å². The second-order valence-corrected chi connectivity index (χ2v) is 5.01. The van der Waals surface area contributed by atoms with Crippen LogP contribution in [0, 0.1) is 0 Å². The molecule has 0 N–H and O–H groups in total. The molecule has 2 aromatic heterocycles. The van der Waals surface area contributed by atoms with Gasteiger partial charge in [-0.25, -0.2) is 9.50 Å². The quantitative estimate of drug-likeness (QED) is 0.621. The van der Waals surface area contributed by atoms with Crippen molar-refractivity contribution in [1.29, 1.82) is 0 Å². The molecule has 3 nitrogen and oxygen atoms in total. The first-order valence-corrected chi connectivity index (χ1v) is 7.08. The van der Waals surface area contributed by atoms with Crippen LogP contribution in [-0.2, 0) is 0 Å². The number of aromatic nitrogens is 3. The monoisotopic (exact) mass is 277 g/mol. The maximum absolute atomic E-state index is 4.65. The van der Waals surface area contributed by atoms with Crippen molar-refractivity contribution in [3.8, 4) is 0 Å². The Morgan fingerprint density at radius 2 is 2.14 bits per heavy atom. The molecule has 0 aliphatic carbocycles. The molecule has 0 amide bonds. The lowest BCUT2D eigenvalue weighted by atomic mass is 10.1. The van der Waals surface area contributed by atoms with Gasteiger partial charge in [0, 0.05) is 5.59 Å². The number of rotatable bonds is 5. The predicted octanol–water partition coefficient (Wildman–Crippen LogP) is 2.56. The van der Waals surface area contributed by atoms with Crippen molar-refractivity contribution in [1.82, 2.24) is 14.6 Å². The van der Waals surface area contributed by atoms with Crippen molar-refractivity contribution >= 4 is 30.2 Å². The van der Waals surface area contributed by atoms with Gasteiger partial charge in [0.05, 0.1) is 11.4 Å². The van der Waals surface area contributed by atoms with E-state index in [2.05, 4.69) is 43.2 Å². The lowest BCUT2D eigenvalue weighted by Gasteiger charge is -2.09. The fraction of sp³-hybridized carbons (Fsp3) is 0.176. The highest BCUT2D eigenvalue weighted by Gasteiger charge is 2.10. The number of allylic oxidation sites excluding steroid dienone is 6. The summed E-state index contributed by atoms with van der Waals surface area (Å²) in [6.07, 6.45) is 8.57. The standard InChI is InChI=1S/C17H20BN3/c1-5-7-8-9-13(4)15-10-14(12(3)6-2)19-17-11-16(18)20-21(15)17/h5,7-11H,1,3,6,18H2,2,4H3/b8-7-,13-9+. The van der Waals surface area contributed by atoms with Crippen molar-refractivity contribution in [2.45, 2.75) is 20.3 Å². The summed E-state index contributed by atoms with van der Waals surface area (Å²) in [6, 6.07) is 4.04. The molecular formula is C17H20BN3. The second kappa shape index (κ2) is 6.40. The van der Waals surface area contributed by atoms with E-state index in [1.807, 2.05) is 36.7 Å². The van der Waals surface area contributed by atoms with E-state index in [-0.39, 0.29) is 0 Å². The van der Waals surface area contributed by atoms with Gasteiger partial charge in [0.1, 0.15) is 0 Å². The SMILES string of the molecule is Bc1cc2nc(C(=C)CC)cc(/C(C)=C/C=C\C=C)n2n1. The third-order valence-corrected chi connectivity index (χ3v) is 3.34. The summed E-state index contributed by atoms with van der Waals surface area (Å²) in [5, 5.41) is 4.53. The lowest BCUT2D eigenvalue weighted by Crippen LogP contribution is -2.06. The first-order chi connectivity index (χ1) is 10.1. The summed E-state index contributed by atoms with van der Waals surface area (Å²) in [6.45, 7) is 11.9. The fourth-order valence-corrected chi connectivity index (χ4v) is 2.10. The Labute approximate surface area is 126 Å². The van der Waals surface area contributed by atoms with Gasteiger partial charge in [0.15, 0.2) is 13.5 Å². The van der Waals surface area contributed by atoms with Gasteiger partial charge in [-0.15, -0.1) is 0 Å². The van der Waals surface area contributed by atoms with Gasteiger partial charge >= 0.3 is 0 Å². The molecule has 4 heteroatoms. The zero-order valence-corrected chi connectivity index (χ0v) is 12.9. The topological polar surface area (TPSA) is 30.2 Å². The number of fused-ring (bicyclic) bond motifs is 1. The zero-order valence-electron chi connectivity index (χ0n) is 12.9. The Morgan fingerprint density at radius 3 is 2.81 bits per heavy atom. The van der Waals surface area contributed by atoms with Crippen LogP contribution in [0.5, 0.6) is 0 Å². The van der Waals surface area contributed by atoms with E-state index < -0.39 is 0 Å². The second-order valence-electron chi connectivity index (χ2n) is 5.01. The largest absolute Gasteiger partial charge is 0.229 e. The molecule has 0 unspecified atom stereocenters. The molecule has 0 spiro atoms. The summed E-state index contributed by atoms with van der Waals surface area (Å²) >= 11 is 0. The molecule has 0 aromatic carbocycles. The molecule has 0 saturated carbocycles. The minimum atomic E-state index is 0.857. The fourth-order valence-electron chi connectivity index (χ4n) is 2.10. The van der Waals surface area contributed by atoms with Gasteiger partial charge in [0.2, 0.25) is 0 Å². The van der Waals surface area contributed by atoms with E-state index in [0.717, 1.165) is 40.2 Å². The van der Waals surface area contributed by atoms with Gasteiger partial charge < -0.3 is 0 Å². The molecular weight excluding hydrogens is 257 g/mol. The molecule has 21 heavy (non-hydrogen) atoms. The molecule has 0 radical (unpaired) electrons. The average molecular weight is 277 g/mol. The van der Waals surface area contributed by atoms with Gasteiger partial charge in [-0.05, 0) is 36.6 Å². The number of hydrogen-bond donors (Lipinski definition) is 0. The highest BCUT2D eigenvalue weighted by molar-refractivity contribution is 6.31. The lowest BCUT2D eigenvalue weighted by molar-refractivity contribution is 0.926. The van der Waals surface area contributed by atoms with Crippen molar-refractivity contribution in [2.75, 3.05) is 0 Å². The highest BCUT2D eigenvalue weighted by atomic mass is 15.3. The highest BCUT2D eigenvalue weighted by Crippen LogP contribution is 2.21. The molecule has 0 bridgehead atoms. The third kappa shape index (κ3) is 3.22. The van der Waals surface area contributed by atoms with E-state index >= 15 is 0 Å². The van der Waals surface area contributed by atoms with E-state index in [1.165, 1.54) is 0 Å². The third-order valence-electron chi connectivity index (χ3n) is 3.34. The Hall–Kier alpha value is -2.36. The van der Waals surface area contributed by atoms with Gasteiger partial charge in [-0.2, -0.15) is 5.10 Å². The molecule has 2 heterocycles. The number of nitrogens with zero attached hydrogens (tertiary/aromatic N) is 3. The van der Waals surface area contributed by atoms with Crippen molar-refractivity contribution in [2.24, 2.45) is 0 Å². The first kappa shape index (κ1) is 15.0. The molecule has 2 aromatic rings. The summed E-state index contributed by atoms with van der Waals surface area (Å²) < 4.78 is 1.88. The molecule has 106 valence electrons. The van der Waals surface area contributed by atoms with Crippen LogP contribution in [0.3, 0.4) is 0 Å². The van der Waals surface area contributed by atoms with Crippen LogP contribution in [0.1, 0.15) is 31.7 Å². The molecule has 0 aliphatic rings. The normalized spacial score (nSPS) is 12.2. The molecule has 0 atom stereocenters. The molecule has 0 fully saturated rings. The van der Waals surface area contributed by atoms with E-state index in [9.17, 15) is 0 Å². The van der Waals surface area contributed by atoms with Crippen LogP contribution in [0.25, 0.3) is 16.8 Å². The maximum Gasteiger partial charge on any atom is 0.166 e. The zero-order chi connectivity index (χ0) is 15.4. The summed E-state index contributed by atoms with van der Waals surface area (Å²) in [7, 11) is 1.98. The van der Waals surface area contributed by atoms with Gasteiger partial charge in [-0.3, -0.25) is 0 Å². The average Bonchev–Trinajstić information content (AvgIpc) is 2.85. The minimum Gasteiger partial charge on any atom is -0.229 e. The molecule has 0 aliphatic heterocycles. The number of hydrogen-bond acceptors (Lipinski definition) is 2. The van der Waals surface area contributed by atoms with Crippen LogP contribution in [0.15, 0.2) is 49.6 Å². The summed E-state index contributed by atoms with van der Waals surface area (Å²) in [4.78, 5) is 4.65. The van der Waals surface area contributed by atoms with Crippen LogP contribution in [0.2, 0.25) is 0 Å². The van der Waals surface area contributed by atoms with Gasteiger partial charge in [0.25, 0.3) is 0 Å². The van der Waals surface area contributed by atoms with Crippen LogP contribution in [-0.4, -0.2) is 22.4 Å². The van der Waals surface area contributed by atoms with E-state index in [4.69, 9.17) is 0 Å². The van der Waals surface area contributed by atoms with Crippen molar-refractivity contribution in [3.63, 3.8) is 0 Å². The van der Waals surface area contributed by atoms with Crippen molar-refractivity contribution in [3.05, 3.63) is 61.0 Å². The minimum absolute atomic E-state index is 0.857. The Balaban J connectivity index is 2.64. The Kier molecular flexibility index (Phi) is 4.58. The molecule has 2 rings (SSSR count). The van der Waals surface area contributed by atoms with E-state index in [0.29, 0.717) is 0 Å². The van der Waals surface area contributed by atoms with Crippen molar-refractivity contribution < 1.29 is 0 Å². The maximum atomic E-state index is 4.65. The van der Waals surface area contributed by atoms with Crippen LogP contribution < -0.4 is 5.59 Å².